The zero-order valence-corrected chi connectivity index (χ0v) is 24.5. The summed E-state index contributed by atoms with van der Waals surface area (Å²) in [6, 6.07) is 10.9. The van der Waals surface area contributed by atoms with Crippen LogP contribution in [0, 0.1) is 17.1 Å². The van der Waals surface area contributed by atoms with Crippen molar-refractivity contribution in [1.29, 1.82) is 5.26 Å². The fraction of sp³-hybridized carbons (Fsp3) is 0.261. The van der Waals surface area contributed by atoms with E-state index in [2.05, 4.69) is 5.32 Å². The average molecular weight is 655 g/mol. The number of carbonyl (C=O) groups excluding carboxylic acids is 2. The van der Waals surface area contributed by atoms with Gasteiger partial charge in [0.05, 0.1) is 26.7 Å². The Morgan fingerprint density at radius 3 is 2.31 bits per heavy atom. The van der Waals surface area contributed by atoms with E-state index in [1.165, 1.54) is 6.07 Å². The number of sulfonamides is 1. The van der Waals surface area contributed by atoms with Crippen LogP contribution in [0.5, 0.6) is 5.75 Å². The number of thiophene rings is 1. The molecule has 1 atom stereocenters. The lowest BCUT2D eigenvalue weighted by molar-refractivity contribution is -0.861. The summed E-state index contributed by atoms with van der Waals surface area (Å²) < 4.78 is 90.8. The molecular weight excluding hydrogens is 631 g/mol. The van der Waals surface area contributed by atoms with Gasteiger partial charge in [-0.1, -0.05) is 0 Å². The number of hydrogen-bond donors (Lipinski definition) is 3. The van der Waals surface area contributed by atoms with Crippen LogP contribution in [0.1, 0.15) is 5.56 Å². The molecule has 3 N–H and O–H groups in total. The maximum atomic E-state index is 13.7. The van der Waals surface area contributed by atoms with Gasteiger partial charge in [0.2, 0.25) is 0 Å². The van der Waals surface area contributed by atoms with Crippen LogP contribution in [0.4, 0.5) is 23.2 Å². The zero-order chi connectivity index (χ0) is 32.1. The van der Waals surface area contributed by atoms with Crippen molar-refractivity contribution in [3.8, 4) is 11.8 Å². The first-order valence-electron chi connectivity index (χ1n) is 11.2. The van der Waals surface area contributed by atoms with Gasteiger partial charge in [-0.15, -0.1) is 11.3 Å². The molecule has 19 heteroatoms. The van der Waals surface area contributed by atoms with E-state index in [1.807, 2.05) is 25.9 Å². The molecule has 1 unspecified atom stereocenters. The third-order valence-corrected chi connectivity index (χ3v) is 8.91. The fourth-order valence-corrected chi connectivity index (χ4v) is 6.86. The lowest BCUT2D eigenvalue weighted by atomic mass is 10.2. The molecule has 0 bridgehead atoms. The molecular formula is C23H23F4N4O8PS2. The normalized spacial score (nSPS) is 13.3. The number of likely N-dealkylation sites (N-methyl/N-ethyl adjacent to an activating group) is 1. The first-order valence-corrected chi connectivity index (χ1v) is 15.3. The van der Waals surface area contributed by atoms with Crippen LogP contribution in [-0.2, 0) is 24.2 Å². The molecule has 3 rings (SSSR count). The summed E-state index contributed by atoms with van der Waals surface area (Å²) in [7, 11) is -3.07. The third-order valence-electron chi connectivity index (χ3n) is 4.66. The monoisotopic (exact) mass is 654 g/mol. The number of carbonyl (C=O) groups is 2. The van der Waals surface area contributed by atoms with Crippen LogP contribution >= 0.6 is 18.9 Å². The summed E-state index contributed by atoms with van der Waals surface area (Å²) in [5, 5.41) is 20.9. The molecule has 0 aliphatic heterocycles. The van der Waals surface area contributed by atoms with Crippen molar-refractivity contribution >= 4 is 56.6 Å². The molecule has 42 heavy (non-hydrogen) atoms. The molecule has 0 saturated carbocycles. The summed E-state index contributed by atoms with van der Waals surface area (Å²) in [5.74, 6) is -4.47. The van der Waals surface area contributed by atoms with Crippen LogP contribution < -0.4 is 19.7 Å². The predicted molar refractivity (Wildman–Crippen MR) is 141 cm³/mol. The van der Waals surface area contributed by atoms with Crippen molar-refractivity contribution < 1.29 is 59.1 Å². The number of fused-ring (bicyclic) bond motifs is 1. The molecule has 1 aromatic heterocycles. The van der Waals surface area contributed by atoms with Crippen molar-refractivity contribution in [3.05, 3.63) is 53.8 Å². The molecule has 0 saturated heterocycles. The number of halogens is 4. The number of amides is 1. The smallest absolute Gasteiger partial charge is 0.430 e. The van der Waals surface area contributed by atoms with Crippen molar-refractivity contribution in [2.45, 2.75) is 10.4 Å². The van der Waals surface area contributed by atoms with E-state index in [0.29, 0.717) is 20.3 Å². The first kappa shape index (κ1) is 34.6. The van der Waals surface area contributed by atoms with E-state index in [0.717, 1.165) is 29.5 Å². The highest BCUT2D eigenvalue weighted by Gasteiger charge is 2.29. The maximum absolute atomic E-state index is 13.7. The number of rotatable bonds is 9. The van der Waals surface area contributed by atoms with Gasteiger partial charge in [-0.05, 0) is 41.8 Å². The number of hydrogen-bond acceptors (Lipinski definition) is 9. The van der Waals surface area contributed by atoms with Crippen molar-refractivity contribution in [3.63, 3.8) is 0 Å². The lowest BCUT2D eigenvalue weighted by Gasteiger charge is -2.22. The van der Waals surface area contributed by atoms with Gasteiger partial charge < -0.3 is 29.1 Å². The molecule has 0 aliphatic rings. The second-order valence-electron chi connectivity index (χ2n) is 9.39. The topological polar surface area (TPSA) is 186 Å². The summed E-state index contributed by atoms with van der Waals surface area (Å²) in [5.41, 5.74) is 0.236. The van der Waals surface area contributed by atoms with E-state index in [-0.39, 0.29) is 28.0 Å². The Hall–Kier alpha value is -3.59. The number of aliphatic carboxylic acids is 1. The average Bonchev–Trinajstić information content (AvgIpc) is 3.26. The number of nitrogens with zero attached hydrogens (tertiary/aromatic N) is 2. The van der Waals surface area contributed by atoms with Gasteiger partial charge in [0.25, 0.3) is 15.9 Å². The maximum Gasteiger partial charge on any atom is 0.430 e. The number of benzene rings is 2. The lowest BCUT2D eigenvalue weighted by Crippen LogP contribution is -2.41. The minimum Gasteiger partial charge on any atom is -0.542 e. The summed E-state index contributed by atoms with van der Waals surface area (Å²) in [6.07, 6.45) is -6.16. The molecule has 1 heterocycles. The Morgan fingerprint density at radius 1 is 1.17 bits per heavy atom. The first-order chi connectivity index (χ1) is 19.1. The number of alkyl halides is 3. The van der Waals surface area contributed by atoms with Gasteiger partial charge in [0.1, 0.15) is 34.1 Å². The minimum absolute atomic E-state index is 0.105. The van der Waals surface area contributed by atoms with Gasteiger partial charge in [-0.2, -0.15) is 23.2 Å². The number of quaternary nitrogens is 1. The van der Waals surface area contributed by atoms with Crippen LogP contribution in [0.25, 0.3) is 10.1 Å². The Balaban J connectivity index is 0.000000782. The van der Waals surface area contributed by atoms with E-state index < -0.39 is 41.9 Å². The minimum atomic E-state index is -5.19. The zero-order valence-electron chi connectivity index (χ0n) is 21.9. The summed E-state index contributed by atoms with van der Waals surface area (Å²) in [4.78, 5) is 31.0. The fourth-order valence-electron chi connectivity index (χ4n) is 2.94. The van der Waals surface area contributed by atoms with E-state index in [9.17, 15) is 40.2 Å². The Morgan fingerprint density at radius 2 is 1.79 bits per heavy atom. The molecule has 0 aliphatic carbocycles. The highest BCUT2D eigenvalue weighted by Crippen LogP contribution is 2.42. The highest BCUT2D eigenvalue weighted by atomic mass is 32.2. The summed E-state index contributed by atoms with van der Waals surface area (Å²) >= 11 is 0.944. The Kier molecular flexibility index (Phi) is 10.8. The Bertz CT molecular complexity index is 1680. The van der Waals surface area contributed by atoms with Crippen LogP contribution in [0.3, 0.4) is 0 Å². The van der Waals surface area contributed by atoms with E-state index in [4.69, 9.17) is 19.7 Å². The van der Waals surface area contributed by atoms with Gasteiger partial charge in [0.15, 0.2) is 6.54 Å². The largest absolute Gasteiger partial charge is 0.542 e. The van der Waals surface area contributed by atoms with Crippen LogP contribution in [0.15, 0.2) is 46.7 Å². The van der Waals surface area contributed by atoms with Crippen LogP contribution in [0.2, 0.25) is 0 Å². The predicted octanol–water partition coefficient (Wildman–Crippen LogP) is 2.36. The third kappa shape index (κ3) is 10.7. The molecule has 0 spiro atoms. The quantitative estimate of drug-likeness (QED) is 0.177. The van der Waals surface area contributed by atoms with E-state index >= 15 is 0 Å². The van der Waals surface area contributed by atoms with Crippen molar-refractivity contribution in [1.82, 2.24) is 4.72 Å². The number of nitriles is 1. The number of anilines is 1. The van der Waals surface area contributed by atoms with Crippen molar-refractivity contribution in [2.75, 3.05) is 39.3 Å². The van der Waals surface area contributed by atoms with E-state index in [1.54, 1.807) is 24.3 Å². The molecule has 0 radical (unpaired) electrons. The van der Waals surface area contributed by atoms with Gasteiger partial charge in [-0.25, -0.2) is 17.4 Å². The van der Waals surface area contributed by atoms with Gasteiger partial charge >= 0.3 is 13.8 Å². The van der Waals surface area contributed by atoms with Gasteiger partial charge in [-0.3, -0.25) is 4.79 Å². The SMILES string of the molecule is C[N+](C)(C)CC(=O)Nc1ccc2sc(S(=O)(=O)NCP(=O)(O)Oc3ccc(C#N)c(F)c3)cc2c1.O=C([O-])C(F)(F)F. The molecule has 3 aromatic rings. The molecule has 2 aromatic carbocycles. The molecule has 228 valence electrons. The molecule has 1 amide bonds. The van der Waals surface area contributed by atoms with Gasteiger partial charge in [0, 0.05) is 16.5 Å². The summed E-state index contributed by atoms with van der Waals surface area (Å²) in [6.45, 7) is 0.254. The molecule has 0 fully saturated rings. The van der Waals surface area contributed by atoms with Crippen molar-refractivity contribution in [2.24, 2.45) is 0 Å². The second-order valence-corrected chi connectivity index (χ2v) is 14.2. The molecule has 12 nitrogen and oxygen atoms in total. The Labute approximate surface area is 240 Å². The number of carboxylic acid groups (broad SMARTS) is 1. The number of carboxylic acids is 1. The standard InChI is InChI=1S/C21H22FN4O6PS2.C2HF3O2/c1-26(2,3)12-20(27)25-16-5-7-19-15(8-16)9-21(34-19)35(30,31)24-13-33(28,29)32-17-6-4-14(11-23)18(22)10-17;3-2(4,5)1(6)7/h4-10,24H,12-13H2,1-3H3,(H-,25,27,28,29);(H,6,7). The van der Waals surface area contributed by atoms with Crippen LogP contribution in [-0.4, -0.2) is 69.8 Å². The highest BCUT2D eigenvalue weighted by molar-refractivity contribution is 7.92. The number of nitrogens with one attached hydrogen (secondary N) is 2. The second kappa shape index (κ2) is 13.2.